The zero-order valence-corrected chi connectivity index (χ0v) is 22.5. The van der Waals surface area contributed by atoms with Crippen LogP contribution < -0.4 is 10.0 Å². The van der Waals surface area contributed by atoms with Crippen molar-refractivity contribution >= 4 is 35.2 Å². The Morgan fingerprint density at radius 3 is 1.12 bits per heavy atom. The second-order valence-electron chi connectivity index (χ2n) is 8.88. The summed E-state index contributed by atoms with van der Waals surface area (Å²) in [7, 11) is 0. The Hall–Kier alpha value is -5.68. The van der Waals surface area contributed by atoms with E-state index in [1.54, 1.807) is 12.5 Å². The van der Waals surface area contributed by atoms with Gasteiger partial charge < -0.3 is 4.42 Å². The first-order valence-electron chi connectivity index (χ1n) is 13.3. The number of rotatable bonds is 8. The molecule has 0 saturated carbocycles. The van der Waals surface area contributed by atoms with E-state index in [-0.39, 0.29) is 0 Å². The summed E-state index contributed by atoms with van der Waals surface area (Å²) in [6, 6.07) is 54.1. The first-order chi connectivity index (χ1) is 20.4. The van der Waals surface area contributed by atoms with Crippen molar-refractivity contribution in [3.05, 3.63) is 181 Å². The maximum absolute atomic E-state index is 5.28. The van der Waals surface area contributed by atoms with Gasteiger partial charge in [0.2, 0.25) is 0 Å². The molecule has 5 nitrogen and oxygen atoms in total. The third-order valence-electron chi connectivity index (χ3n) is 5.97. The minimum Gasteiger partial charge on any atom is -0.463 e. The van der Waals surface area contributed by atoms with Crippen LogP contribution in [0.4, 0.5) is 22.7 Å². The van der Waals surface area contributed by atoms with Gasteiger partial charge in [0.1, 0.15) is 5.76 Å². The zero-order valence-electron chi connectivity index (χ0n) is 22.5. The molecule has 6 rings (SSSR count). The molecule has 1 heterocycles. The molecule has 0 N–H and O–H groups in total. The molecule has 0 amide bonds. The number of hydrogen-bond donors (Lipinski definition) is 0. The largest absolute Gasteiger partial charge is 0.463 e. The Balaban J connectivity index is 0.000000165. The Labute approximate surface area is 240 Å². The number of nitrogens with zero attached hydrogens (tertiary/aromatic N) is 4. The summed E-state index contributed by atoms with van der Waals surface area (Å²) in [5.41, 5.74) is 5.16. The predicted molar refractivity (Wildman–Crippen MR) is 170 cm³/mol. The molecule has 6 aromatic rings. The lowest BCUT2D eigenvalue weighted by atomic mass is 10.2. The van der Waals surface area contributed by atoms with Crippen molar-refractivity contribution < 1.29 is 4.42 Å². The summed E-state index contributed by atoms with van der Waals surface area (Å²) in [6.07, 6.45) is 5.22. The van der Waals surface area contributed by atoms with E-state index in [0.717, 1.165) is 34.1 Å². The van der Waals surface area contributed by atoms with Gasteiger partial charge in [-0.05, 0) is 66.2 Å². The van der Waals surface area contributed by atoms with Gasteiger partial charge in [-0.2, -0.15) is 10.2 Å². The van der Waals surface area contributed by atoms with E-state index in [2.05, 4.69) is 34.5 Å². The van der Waals surface area contributed by atoms with Crippen LogP contribution in [0.3, 0.4) is 0 Å². The molecule has 0 radical (unpaired) electrons. The standard InChI is InChI=1S/C19H16N2.C17H14N2O/c1-4-10-17(11-5-1)16-20-21(18-12-6-2-7-13-18)19-14-8-3-9-15-19;1-3-8-15(9-4-1)19(16-10-5-2-6-11-16)18-14-17-12-7-13-20-17/h1-16H;1-14H/b20-16+;18-14+. The van der Waals surface area contributed by atoms with Crippen LogP contribution in [0.25, 0.3) is 0 Å². The number of para-hydroxylation sites is 4. The molecule has 0 aliphatic rings. The molecule has 5 aromatic carbocycles. The molecule has 0 bridgehead atoms. The minimum atomic E-state index is 0.724. The van der Waals surface area contributed by atoms with E-state index in [0.29, 0.717) is 0 Å². The molecule has 0 fully saturated rings. The van der Waals surface area contributed by atoms with Gasteiger partial charge in [0.05, 0.1) is 41.4 Å². The number of anilines is 4. The number of benzene rings is 5. The highest BCUT2D eigenvalue weighted by molar-refractivity contribution is 5.81. The molecule has 0 unspecified atom stereocenters. The molecular weight excluding hydrogens is 504 g/mol. The third kappa shape index (κ3) is 7.91. The van der Waals surface area contributed by atoms with Crippen LogP contribution in [0.2, 0.25) is 0 Å². The van der Waals surface area contributed by atoms with Crippen LogP contribution in [-0.4, -0.2) is 12.4 Å². The quantitative estimate of drug-likeness (QED) is 0.144. The van der Waals surface area contributed by atoms with Crippen LogP contribution in [0.5, 0.6) is 0 Å². The first-order valence-corrected chi connectivity index (χ1v) is 13.3. The minimum absolute atomic E-state index is 0.724. The average Bonchev–Trinajstić information content (AvgIpc) is 3.58. The smallest absolute Gasteiger partial charge is 0.146 e. The van der Waals surface area contributed by atoms with Crippen molar-refractivity contribution in [3.63, 3.8) is 0 Å². The summed E-state index contributed by atoms with van der Waals surface area (Å²) in [4.78, 5) is 0. The van der Waals surface area contributed by atoms with Gasteiger partial charge in [-0.3, -0.25) is 0 Å². The molecule has 1 aromatic heterocycles. The number of furan rings is 1. The van der Waals surface area contributed by atoms with E-state index >= 15 is 0 Å². The topological polar surface area (TPSA) is 44.3 Å². The Kier molecular flexibility index (Phi) is 9.49. The molecular formula is C36H30N4O. The van der Waals surface area contributed by atoms with E-state index < -0.39 is 0 Å². The number of hydrogen-bond acceptors (Lipinski definition) is 5. The summed E-state index contributed by atoms with van der Waals surface area (Å²) in [5.74, 6) is 0.724. The van der Waals surface area contributed by atoms with E-state index in [1.165, 1.54) is 0 Å². The molecule has 0 atom stereocenters. The fourth-order valence-corrected chi connectivity index (χ4v) is 3.98. The summed E-state index contributed by atoms with van der Waals surface area (Å²) in [5, 5.41) is 13.0. The SMILES string of the molecule is C(=N\N(c1ccccc1)c1ccccc1)/c1ccccc1.C(=N\N(c1ccccc1)c1ccccc1)/c1ccco1. The third-order valence-corrected chi connectivity index (χ3v) is 5.97. The lowest BCUT2D eigenvalue weighted by Crippen LogP contribution is -2.09. The molecule has 5 heteroatoms. The lowest BCUT2D eigenvalue weighted by Gasteiger charge is -2.19. The van der Waals surface area contributed by atoms with Crippen LogP contribution in [0.15, 0.2) is 185 Å². The van der Waals surface area contributed by atoms with Crippen LogP contribution in [-0.2, 0) is 0 Å². The van der Waals surface area contributed by atoms with E-state index in [4.69, 9.17) is 4.42 Å². The van der Waals surface area contributed by atoms with Crippen molar-refractivity contribution in [2.24, 2.45) is 10.2 Å². The lowest BCUT2D eigenvalue weighted by molar-refractivity contribution is 0.560. The molecule has 0 spiro atoms. The van der Waals surface area contributed by atoms with Crippen LogP contribution in [0.1, 0.15) is 11.3 Å². The highest BCUT2D eigenvalue weighted by Gasteiger charge is 2.07. The fourth-order valence-electron chi connectivity index (χ4n) is 3.98. The fraction of sp³-hybridized carbons (Fsp3) is 0. The van der Waals surface area contributed by atoms with E-state index in [9.17, 15) is 0 Å². The van der Waals surface area contributed by atoms with Gasteiger partial charge in [0.15, 0.2) is 0 Å². The normalized spacial score (nSPS) is 10.7. The van der Waals surface area contributed by atoms with Crippen molar-refractivity contribution in [1.82, 2.24) is 0 Å². The van der Waals surface area contributed by atoms with E-state index in [1.807, 2.05) is 156 Å². The van der Waals surface area contributed by atoms with Crippen molar-refractivity contribution in [2.75, 3.05) is 10.0 Å². The van der Waals surface area contributed by atoms with Gasteiger partial charge in [0, 0.05) is 0 Å². The maximum atomic E-state index is 5.28. The van der Waals surface area contributed by atoms with Gasteiger partial charge in [-0.1, -0.05) is 103 Å². The van der Waals surface area contributed by atoms with Crippen LogP contribution in [0, 0.1) is 0 Å². The molecule has 41 heavy (non-hydrogen) atoms. The predicted octanol–water partition coefficient (Wildman–Crippen LogP) is 9.31. The Morgan fingerprint density at radius 1 is 0.390 bits per heavy atom. The van der Waals surface area contributed by atoms with Gasteiger partial charge in [0.25, 0.3) is 0 Å². The highest BCUT2D eigenvalue weighted by atomic mass is 16.3. The monoisotopic (exact) mass is 534 g/mol. The molecule has 200 valence electrons. The van der Waals surface area contributed by atoms with Gasteiger partial charge in [-0.15, -0.1) is 0 Å². The molecule has 0 aliphatic heterocycles. The highest BCUT2D eigenvalue weighted by Crippen LogP contribution is 2.26. The first kappa shape index (κ1) is 26.9. The van der Waals surface area contributed by atoms with Crippen molar-refractivity contribution in [3.8, 4) is 0 Å². The second-order valence-corrected chi connectivity index (χ2v) is 8.88. The van der Waals surface area contributed by atoms with Crippen molar-refractivity contribution in [1.29, 1.82) is 0 Å². The maximum Gasteiger partial charge on any atom is 0.146 e. The summed E-state index contributed by atoms with van der Waals surface area (Å²) in [6.45, 7) is 0. The van der Waals surface area contributed by atoms with Crippen molar-refractivity contribution in [2.45, 2.75) is 0 Å². The summed E-state index contributed by atoms with van der Waals surface area (Å²) < 4.78 is 5.28. The Morgan fingerprint density at radius 2 is 0.756 bits per heavy atom. The number of hydrazone groups is 2. The average molecular weight is 535 g/mol. The zero-order chi connectivity index (χ0) is 28.0. The van der Waals surface area contributed by atoms with Gasteiger partial charge >= 0.3 is 0 Å². The molecule has 0 saturated heterocycles. The van der Waals surface area contributed by atoms with Gasteiger partial charge in [-0.25, -0.2) is 10.0 Å². The summed E-state index contributed by atoms with van der Waals surface area (Å²) >= 11 is 0. The second kappa shape index (κ2) is 14.5. The molecule has 0 aliphatic carbocycles. The Bertz CT molecular complexity index is 1530. The van der Waals surface area contributed by atoms with Crippen LogP contribution >= 0.6 is 0 Å².